The van der Waals surface area contributed by atoms with Gasteiger partial charge in [-0.25, -0.2) is 0 Å². The molecular formula is C24H17BrN4O3. The summed E-state index contributed by atoms with van der Waals surface area (Å²) in [5, 5.41) is 11.9. The summed E-state index contributed by atoms with van der Waals surface area (Å²) in [6.07, 6.45) is 0. The largest absolute Gasteiger partial charge is 0.497 e. The van der Waals surface area contributed by atoms with E-state index >= 15 is 0 Å². The third kappa shape index (κ3) is 4.00. The number of halogens is 1. The molecule has 0 radical (unpaired) electrons. The predicted octanol–water partition coefficient (Wildman–Crippen LogP) is 5.70. The average Bonchev–Trinajstić information content (AvgIpc) is 3.47. The Hall–Kier alpha value is -3.91. The molecule has 7 nitrogen and oxygen atoms in total. The summed E-state index contributed by atoms with van der Waals surface area (Å²) < 4.78 is 11.9. The number of carbonyl (C=O) groups excluding carboxylic acids is 1. The van der Waals surface area contributed by atoms with Crippen molar-refractivity contribution in [1.82, 2.24) is 15.0 Å². The van der Waals surface area contributed by atoms with Gasteiger partial charge in [0.2, 0.25) is 0 Å². The van der Waals surface area contributed by atoms with Gasteiger partial charge in [0.1, 0.15) is 22.5 Å². The maximum atomic E-state index is 12.7. The number of ether oxygens (including phenoxy) is 1. The van der Waals surface area contributed by atoms with Gasteiger partial charge in [0.25, 0.3) is 5.91 Å². The Balaban J connectivity index is 1.34. The Morgan fingerprint density at radius 2 is 1.69 bits per heavy atom. The molecule has 3 aromatic carbocycles. The molecule has 1 N–H and O–H groups in total. The topological polar surface area (TPSA) is 82.2 Å². The lowest BCUT2D eigenvalue weighted by Gasteiger charge is -2.03. The van der Waals surface area contributed by atoms with E-state index in [-0.39, 0.29) is 11.7 Å². The second-order valence-corrected chi connectivity index (χ2v) is 7.93. The molecule has 32 heavy (non-hydrogen) atoms. The van der Waals surface area contributed by atoms with Crippen LogP contribution in [0.5, 0.6) is 5.75 Å². The van der Waals surface area contributed by atoms with Gasteiger partial charge in [0, 0.05) is 15.7 Å². The highest BCUT2D eigenvalue weighted by atomic mass is 79.9. The molecule has 5 aromatic rings. The van der Waals surface area contributed by atoms with Crippen LogP contribution >= 0.6 is 15.9 Å². The Bertz CT molecular complexity index is 1410. The number of methoxy groups -OCH3 is 1. The van der Waals surface area contributed by atoms with E-state index in [1.54, 1.807) is 36.2 Å². The summed E-state index contributed by atoms with van der Waals surface area (Å²) in [5.41, 5.74) is 3.68. The van der Waals surface area contributed by atoms with Gasteiger partial charge in [-0.3, -0.25) is 4.79 Å². The number of nitrogens with zero attached hydrogens (tertiary/aromatic N) is 3. The average molecular weight is 489 g/mol. The van der Waals surface area contributed by atoms with Gasteiger partial charge in [0.15, 0.2) is 5.76 Å². The molecule has 0 saturated carbocycles. The fourth-order valence-corrected chi connectivity index (χ4v) is 3.51. The van der Waals surface area contributed by atoms with Gasteiger partial charge in [-0.05, 0) is 66.7 Å². The van der Waals surface area contributed by atoms with Gasteiger partial charge in [0.05, 0.1) is 12.8 Å². The summed E-state index contributed by atoms with van der Waals surface area (Å²) in [6.45, 7) is 0. The summed E-state index contributed by atoms with van der Waals surface area (Å²) in [5.74, 6) is 1.28. The van der Waals surface area contributed by atoms with Crippen LogP contribution in [-0.4, -0.2) is 28.0 Å². The van der Waals surface area contributed by atoms with Crippen LogP contribution in [-0.2, 0) is 0 Å². The number of hydrogen-bond donors (Lipinski definition) is 1. The summed E-state index contributed by atoms with van der Waals surface area (Å²) >= 11 is 3.41. The lowest BCUT2D eigenvalue weighted by Crippen LogP contribution is -2.10. The molecule has 2 heterocycles. The molecule has 0 aliphatic rings. The zero-order valence-electron chi connectivity index (χ0n) is 16.9. The van der Waals surface area contributed by atoms with Gasteiger partial charge in [-0.15, -0.1) is 10.2 Å². The SMILES string of the molecule is COc1ccc(-n2nc3ccc(NC(=O)c4ccc(-c5ccc(Br)cc5)o4)cc3n2)cc1. The number of amides is 1. The monoisotopic (exact) mass is 488 g/mol. The predicted molar refractivity (Wildman–Crippen MR) is 125 cm³/mol. The number of nitrogens with one attached hydrogen (secondary N) is 1. The highest BCUT2D eigenvalue weighted by molar-refractivity contribution is 9.10. The van der Waals surface area contributed by atoms with Crippen molar-refractivity contribution in [2.45, 2.75) is 0 Å². The van der Waals surface area contributed by atoms with Crippen LogP contribution in [0.25, 0.3) is 28.0 Å². The molecular weight excluding hydrogens is 472 g/mol. The highest BCUT2D eigenvalue weighted by Gasteiger charge is 2.14. The van der Waals surface area contributed by atoms with E-state index in [0.29, 0.717) is 22.5 Å². The van der Waals surface area contributed by atoms with Crippen molar-refractivity contribution in [3.8, 4) is 22.8 Å². The maximum absolute atomic E-state index is 12.7. The Kier molecular flexibility index (Phi) is 5.20. The molecule has 2 aromatic heterocycles. The van der Waals surface area contributed by atoms with Crippen molar-refractivity contribution in [3.63, 3.8) is 0 Å². The minimum absolute atomic E-state index is 0.227. The number of carbonyl (C=O) groups is 1. The van der Waals surface area contributed by atoms with E-state index in [4.69, 9.17) is 9.15 Å². The molecule has 1 amide bonds. The molecule has 0 spiro atoms. The second-order valence-electron chi connectivity index (χ2n) is 7.02. The number of fused-ring (bicyclic) bond motifs is 1. The lowest BCUT2D eigenvalue weighted by molar-refractivity contribution is 0.0997. The van der Waals surface area contributed by atoms with Crippen molar-refractivity contribution in [2.75, 3.05) is 12.4 Å². The van der Waals surface area contributed by atoms with Gasteiger partial charge >= 0.3 is 0 Å². The summed E-state index contributed by atoms with van der Waals surface area (Å²) in [4.78, 5) is 14.2. The van der Waals surface area contributed by atoms with Crippen molar-refractivity contribution in [1.29, 1.82) is 0 Å². The van der Waals surface area contributed by atoms with E-state index in [1.165, 1.54) is 0 Å². The third-order valence-corrected chi connectivity index (χ3v) is 5.43. The van der Waals surface area contributed by atoms with Crippen LogP contribution in [0.4, 0.5) is 5.69 Å². The first kappa shape index (κ1) is 20.0. The quantitative estimate of drug-likeness (QED) is 0.342. The van der Waals surface area contributed by atoms with E-state index in [0.717, 1.165) is 21.5 Å². The normalized spacial score (nSPS) is 10.9. The molecule has 0 aliphatic carbocycles. The van der Waals surface area contributed by atoms with Crippen LogP contribution < -0.4 is 10.1 Å². The minimum atomic E-state index is -0.338. The number of anilines is 1. The first-order valence-electron chi connectivity index (χ1n) is 9.78. The van der Waals surface area contributed by atoms with Crippen LogP contribution in [0.2, 0.25) is 0 Å². The maximum Gasteiger partial charge on any atom is 0.291 e. The lowest BCUT2D eigenvalue weighted by atomic mass is 10.2. The first-order valence-corrected chi connectivity index (χ1v) is 10.6. The van der Waals surface area contributed by atoms with E-state index in [9.17, 15) is 4.79 Å². The molecule has 5 rings (SSSR count). The fraction of sp³-hybridized carbons (Fsp3) is 0.0417. The van der Waals surface area contributed by atoms with Crippen LogP contribution in [0.15, 0.2) is 87.8 Å². The molecule has 0 fully saturated rings. The van der Waals surface area contributed by atoms with Crippen molar-refractivity contribution < 1.29 is 13.9 Å². The van der Waals surface area contributed by atoms with Gasteiger partial charge in [-0.1, -0.05) is 28.1 Å². The molecule has 0 bridgehead atoms. The first-order chi connectivity index (χ1) is 15.6. The minimum Gasteiger partial charge on any atom is -0.497 e. The number of hydrogen-bond acceptors (Lipinski definition) is 5. The van der Waals surface area contributed by atoms with Crippen LogP contribution in [0, 0.1) is 0 Å². The van der Waals surface area contributed by atoms with E-state index < -0.39 is 0 Å². The zero-order valence-corrected chi connectivity index (χ0v) is 18.5. The second kappa shape index (κ2) is 8.32. The standard InChI is InChI=1S/C24H17BrN4O3/c1-31-19-9-7-18(8-10-19)29-27-20-11-6-17(14-21(20)28-29)26-24(30)23-13-12-22(32-23)15-2-4-16(25)5-3-15/h2-14H,1H3,(H,26,30). The van der Waals surface area contributed by atoms with E-state index in [1.807, 2.05) is 54.6 Å². The van der Waals surface area contributed by atoms with Gasteiger partial charge < -0.3 is 14.5 Å². The van der Waals surface area contributed by atoms with E-state index in [2.05, 4.69) is 31.4 Å². The molecule has 0 atom stereocenters. The number of furan rings is 1. The third-order valence-electron chi connectivity index (χ3n) is 4.90. The molecule has 0 aliphatic heterocycles. The van der Waals surface area contributed by atoms with Crippen LogP contribution in [0.1, 0.15) is 10.6 Å². The molecule has 8 heteroatoms. The summed E-state index contributed by atoms with van der Waals surface area (Å²) in [6, 6.07) is 23.9. The number of rotatable bonds is 5. The molecule has 158 valence electrons. The molecule has 0 unspecified atom stereocenters. The Morgan fingerprint density at radius 3 is 2.44 bits per heavy atom. The highest BCUT2D eigenvalue weighted by Crippen LogP contribution is 2.25. The van der Waals surface area contributed by atoms with Crippen molar-refractivity contribution in [3.05, 3.63) is 89.1 Å². The fourth-order valence-electron chi connectivity index (χ4n) is 3.25. The Labute approximate surface area is 191 Å². The zero-order chi connectivity index (χ0) is 22.1. The van der Waals surface area contributed by atoms with Gasteiger partial charge in [-0.2, -0.15) is 4.80 Å². The van der Waals surface area contributed by atoms with Crippen LogP contribution in [0.3, 0.4) is 0 Å². The number of benzene rings is 3. The smallest absolute Gasteiger partial charge is 0.291 e. The van der Waals surface area contributed by atoms with Crippen molar-refractivity contribution in [2.24, 2.45) is 0 Å². The van der Waals surface area contributed by atoms with Crippen molar-refractivity contribution >= 4 is 38.6 Å². The Morgan fingerprint density at radius 1 is 0.938 bits per heavy atom. The number of aromatic nitrogens is 3. The summed E-state index contributed by atoms with van der Waals surface area (Å²) in [7, 11) is 1.62. The molecule has 0 saturated heterocycles.